The number of aliphatic imine (C=N–C) groups is 1. The summed E-state index contributed by atoms with van der Waals surface area (Å²) >= 11 is 0. The molecular formula is C27H30F3N3O3. The van der Waals surface area contributed by atoms with Crippen LogP contribution in [0.1, 0.15) is 73.7 Å². The molecule has 36 heavy (non-hydrogen) atoms. The van der Waals surface area contributed by atoms with Crippen LogP contribution < -0.4 is 10.6 Å². The number of nitrogens with zero attached hydrogens (tertiary/aromatic N) is 1. The number of amides is 1. The molecule has 0 heterocycles. The van der Waals surface area contributed by atoms with E-state index in [1.807, 2.05) is 0 Å². The number of rotatable bonds is 7. The Kier molecular flexibility index (Phi) is 8.28. The first-order valence-corrected chi connectivity index (χ1v) is 12.4. The molecule has 0 atom stereocenters. The van der Waals surface area contributed by atoms with Gasteiger partial charge in [-0.25, -0.2) is 18.2 Å². The second-order valence-corrected chi connectivity index (χ2v) is 9.38. The van der Waals surface area contributed by atoms with E-state index in [4.69, 9.17) is 9.73 Å². The maximum absolute atomic E-state index is 13.9. The summed E-state index contributed by atoms with van der Waals surface area (Å²) in [5.74, 6) is -2.73. The number of hydrogen-bond acceptors (Lipinski definition) is 4. The Morgan fingerprint density at radius 2 is 1.72 bits per heavy atom. The Bertz CT molecular complexity index is 1140. The fraction of sp³-hybridized carbons (Fsp3) is 0.444. The van der Waals surface area contributed by atoms with E-state index in [2.05, 4.69) is 10.6 Å². The van der Waals surface area contributed by atoms with Gasteiger partial charge in [0.2, 0.25) is 5.96 Å². The van der Waals surface area contributed by atoms with Gasteiger partial charge < -0.3 is 10.1 Å². The summed E-state index contributed by atoms with van der Waals surface area (Å²) < 4.78 is 46.0. The van der Waals surface area contributed by atoms with Crippen molar-refractivity contribution in [3.05, 3.63) is 65.0 Å². The van der Waals surface area contributed by atoms with Crippen molar-refractivity contribution in [2.24, 2.45) is 10.9 Å². The lowest BCUT2D eigenvalue weighted by molar-refractivity contribution is -0.144. The molecule has 6 nitrogen and oxygen atoms in total. The second-order valence-electron chi connectivity index (χ2n) is 9.38. The average Bonchev–Trinajstić information content (AvgIpc) is 3.69. The number of halogens is 3. The predicted octanol–water partition coefficient (Wildman–Crippen LogP) is 5.69. The molecule has 2 aliphatic carbocycles. The molecule has 0 aromatic heterocycles. The van der Waals surface area contributed by atoms with Gasteiger partial charge in [-0.3, -0.25) is 14.9 Å². The van der Waals surface area contributed by atoms with Crippen molar-refractivity contribution in [1.29, 1.82) is 0 Å². The fourth-order valence-electron chi connectivity index (χ4n) is 4.54. The zero-order valence-corrected chi connectivity index (χ0v) is 20.2. The SMILES string of the molecule is CCOC(=O)CC1CCC(N=C(NC(=O)c2ccc(F)c(F)c2)Nc2ccc(F)cc2C2CC2)CC1. The third-order valence-electron chi connectivity index (χ3n) is 6.59. The fourth-order valence-corrected chi connectivity index (χ4v) is 4.54. The summed E-state index contributed by atoms with van der Waals surface area (Å²) in [4.78, 5) is 29.4. The van der Waals surface area contributed by atoms with Gasteiger partial charge in [0.15, 0.2) is 11.6 Å². The van der Waals surface area contributed by atoms with Crippen LogP contribution in [0.5, 0.6) is 0 Å². The number of ether oxygens (including phenoxy) is 1. The number of nitrogens with one attached hydrogen (secondary N) is 2. The van der Waals surface area contributed by atoms with Crippen molar-refractivity contribution in [3.8, 4) is 0 Å². The number of guanidine groups is 1. The quantitative estimate of drug-likeness (QED) is 0.290. The van der Waals surface area contributed by atoms with Crippen LogP contribution in [0.25, 0.3) is 0 Å². The minimum Gasteiger partial charge on any atom is -0.466 e. The molecule has 1 amide bonds. The van der Waals surface area contributed by atoms with Gasteiger partial charge in [0.05, 0.1) is 12.6 Å². The molecule has 0 unspecified atom stereocenters. The Morgan fingerprint density at radius 1 is 0.972 bits per heavy atom. The van der Waals surface area contributed by atoms with Gasteiger partial charge in [0.25, 0.3) is 5.91 Å². The molecule has 9 heteroatoms. The lowest BCUT2D eigenvalue weighted by atomic mass is 9.84. The first-order chi connectivity index (χ1) is 17.3. The van der Waals surface area contributed by atoms with Gasteiger partial charge in [-0.05, 0) is 99.2 Å². The summed E-state index contributed by atoms with van der Waals surface area (Å²) in [5, 5.41) is 5.82. The Hall–Kier alpha value is -3.36. The second kappa shape index (κ2) is 11.6. The largest absolute Gasteiger partial charge is 0.466 e. The molecule has 0 aliphatic heterocycles. The molecule has 2 aliphatic rings. The summed E-state index contributed by atoms with van der Waals surface area (Å²) in [5.41, 5.74) is 1.39. The normalized spacial score (nSPS) is 20.1. The van der Waals surface area contributed by atoms with Crippen molar-refractivity contribution in [2.45, 2.75) is 63.8 Å². The smallest absolute Gasteiger partial charge is 0.306 e. The van der Waals surface area contributed by atoms with Crippen molar-refractivity contribution >= 4 is 23.5 Å². The highest BCUT2D eigenvalue weighted by Gasteiger charge is 2.28. The maximum atomic E-state index is 13.9. The van der Waals surface area contributed by atoms with Crippen LogP contribution in [-0.4, -0.2) is 30.5 Å². The Morgan fingerprint density at radius 3 is 2.39 bits per heavy atom. The average molecular weight is 502 g/mol. The lowest BCUT2D eigenvalue weighted by Gasteiger charge is -2.26. The lowest BCUT2D eigenvalue weighted by Crippen LogP contribution is -2.38. The van der Waals surface area contributed by atoms with E-state index in [1.54, 1.807) is 13.0 Å². The highest BCUT2D eigenvalue weighted by Crippen LogP contribution is 2.43. The topological polar surface area (TPSA) is 79.8 Å². The summed E-state index contributed by atoms with van der Waals surface area (Å²) in [7, 11) is 0. The van der Waals surface area contributed by atoms with E-state index in [9.17, 15) is 22.8 Å². The molecule has 0 radical (unpaired) electrons. The number of benzene rings is 2. The van der Waals surface area contributed by atoms with Gasteiger partial charge >= 0.3 is 5.97 Å². The minimum atomic E-state index is -1.12. The Labute approximate surface area is 208 Å². The van der Waals surface area contributed by atoms with Gasteiger partial charge in [-0.2, -0.15) is 0 Å². The van der Waals surface area contributed by atoms with E-state index in [0.717, 1.165) is 56.2 Å². The molecular weight excluding hydrogens is 471 g/mol. The van der Waals surface area contributed by atoms with E-state index in [0.29, 0.717) is 18.7 Å². The van der Waals surface area contributed by atoms with Crippen molar-refractivity contribution < 1.29 is 27.5 Å². The number of carbonyl (C=O) groups excluding carboxylic acids is 2. The van der Waals surface area contributed by atoms with Gasteiger partial charge in [0, 0.05) is 17.7 Å². The molecule has 192 valence electrons. The third-order valence-corrected chi connectivity index (χ3v) is 6.59. The Balaban J connectivity index is 1.51. The third kappa shape index (κ3) is 6.86. The molecule has 2 saturated carbocycles. The van der Waals surface area contributed by atoms with Gasteiger partial charge in [-0.15, -0.1) is 0 Å². The van der Waals surface area contributed by atoms with Gasteiger partial charge in [-0.1, -0.05) is 0 Å². The summed E-state index contributed by atoms with van der Waals surface area (Å²) in [6.07, 6.45) is 5.31. The van der Waals surface area contributed by atoms with Crippen molar-refractivity contribution in [1.82, 2.24) is 5.32 Å². The molecule has 2 aromatic rings. The number of anilines is 1. The maximum Gasteiger partial charge on any atom is 0.306 e. The van der Waals surface area contributed by atoms with Crippen molar-refractivity contribution in [2.75, 3.05) is 11.9 Å². The van der Waals surface area contributed by atoms with E-state index in [1.165, 1.54) is 18.2 Å². The van der Waals surface area contributed by atoms with E-state index >= 15 is 0 Å². The summed E-state index contributed by atoms with van der Waals surface area (Å²) in [6.45, 7) is 2.14. The first-order valence-electron chi connectivity index (χ1n) is 12.4. The van der Waals surface area contributed by atoms with Crippen LogP contribution in [0.3, 0.4) is 0 Å². The molecule has 2 N–H and O–H groups in total. The zero-order valence-electron chi connectivity index (χ0n) is 20.2. The predicted molar refractivity (Wildman–Crippen MR) is 130 cm³/mol. The number of hydrogen-bond donors (Lipinski definition) is 2. The van der Waals surface area contributed by atoms with Crippen LogP contribution in [0.4, 0.5) is 18.9 Å². The van der Waals surface area contributed by atoms with Crippen LogP contribution in [0.15, 0.2) is 41.4 Å². The molecule has 2 aromatic carbocycles. The standard InChI is InChI=1S/C27H30F3N3O3/c1-2-36-25(34)13-16-3-9-20(10-4-16)31-27(33-26(35)18-7-11-22(29)23(30)14-18)32-24-12-8-19(28)15-21(24)17-5-6-17/h7-8,11-12,14-17,20H,2-6,9-10,13H2,1H3,(H2,31,32,33,35). The molecule has 4 rings (SSSR count). The van der Waals surface area contributed by atoms with Crippen LogP contribution in [-0.2, 0) is 9.53 Å². The minimum absolute atomic E-state index is 0.0527. The zero-order chi connectivity index (χ0) is 25.7. The molecule has 0 bridgehead atoms. The molecule has 2 fully saturated rings. The molecule has 0 spiro atoms. The number of esters is 1. The summed E-state index contributed by atoms with van der Waals surface area (Å²) in [6, 6.07) is 7.23. The monoisotopic (exact) mass is 501 g/mol. The van der Waals surface area contributed by atoms with Crippen LogP contribution in [0, 0.1) is 23.4 Å². The van der Waals surface area contributed by atoms with E-state index in [-0.39, 0.29) is 41.2 Å². The van der Waals surface area contributed by atoms with Crippen LogP contribution in [0.2, 0.25) is 0 Å². The highest BCUT2D eigenvalue weighted by atomic mass is 19.2. The van der Waals surface area contributed by atoms with Crippen molar-refractivity contribution in [3.63, 3.8) is 0 Å². The molecule has 0 saturated heterocycles. The van der Waals surface area contributed by atoms with Crippen LogP contribution >= 0.6 is 0 Å². The highest BCUT2D eigenvalue weighted by molar-refractivity contribution is 6.10. The van der Waals surface area contributed by atoms with E-state index < -0.39 is 17.5 Å². The van der Waals surface area contributed by atoms with Gasteiger partial charge in [0.1, 0.15) is 5.82 Å². The number of carbonyl (C=O) groups is 2. The first kappa shape index (κ1) is 25.7.